The lowest BCUT2D eigenvalue weighted by Crippen LogP contribution is -2.39. The van der Waals surface area contributed by atoms with Gasteiger partial charge in [0, 0.05) is 23.1 Å². The van der Waals surface area contributed by atoms with Crippen LogP contribution in [0, 0.1) is 17.2 Å². The van der Waals surface area contributed by atoms with Crippen LogP contribution in [0.15, 0.2) is 54.6 Å². The van der Waals surface area contributed by atoms with Crippen LogP contribution in [0.3, 0.4) is 0 Å². The van der Waals surface area contributed by atoms with Gasteiger partial charge in [-0.3, -0.25) is 19.8 Å². The van der Waals surface area contributed by atoms with Gasteiger partial charge in [-0.1, -0.05) is 36.8 Å². The van der Waals surface area contributed by atoms with Crippen LogP contribution in [0.5, 0.6) is 0 Å². The van der Waals surface area contributed by atoms with Crippen LogP contribution in [0.4, 0.5) is 5.69 Å². The Morgan fingerprint density at radius 2 is 1.67 bits per heavy atom. The van der Waals surface area contributed by atoms with Crippen LogP contribution >= 0.6 is 0 Å². The molecule has 1 aliphatic rings. The Hall–Kier alpha value is -3.68. The van der Waals surface area contributed by atoms with E-state index >= 15 is 0 Å². The van der Waals surface area contributed by atoms with Crippen molar-refractivity contribution in [3.63, 3.8) is 0 Å². The highest BCUT2D eigenvalue weighted by Crippen LogP contribution is 2.34. The van der Waals surface area contributed by atoms with Crippen LogP contribution in [-0.4, -0.2) is 30.2 Å². The summed E-state index contributed by atoms with van der Waals surface area (Å²) < 4.78 is 5.07. The maximum atomic E-state index is 13.2. The van der Waals surface area contributed by atoms with Crippen LogP contribution in [0.25, 0.3) is 0 Å². The van der Waals surface area contributed by atoms with Crippen molar-refractivity contribution in [2.24, 2.45) is 17.6 Å². The molecule has 3 rings (SSSR count). The molecular formula is C25H30N4O4. The smallest absolute Gasteiger partial charge is 0.308 e. The Labute approximate surface area is 193 Å². The lowest BCUT2D eigenvalue weighted by Gasteiger charge is -2.23. The van der Waals surface area contributed by atoms with Crippen molar-refractivity contribution in [1.82, 2.24) is 5.32 Å². The molecule has 1 fully saturated rings. The molecule has 0 spiro atoms. The highest BCUT2D eigenvalue weighted by atomic mass is 16.5. The number of rotatable bonds is 9. The minimum Gasteiger partial charge on any atom is -0.466 e. The molecule has 0 aromatic heterocycles. The second-order valence-corrected chi connectivity index (χ2v) is 8.11. The highest BCUT2D eigenvalue weighted by Gasteiger charge is 2.38. The molecule has 8 nitrogen and oxygen atoms in total. The lowest BCUT2D eigenvalue weighted by atomic mass is 9.93. The number of hydrogen-bond donors (Lipinski definition) is 4. The second-order valence-electron chi connectivity index (χ2n) is 8.11. The molecule has 0 saturated heterocycles. The molecule has 2 aromatic carbocycles. The number of amides is 2. The molecule has 2 amide bonds. The summed E-state index contributed by atoms with van der Waals surface area (Å²) >= 11 is 0. The number of benzene rings is 2. The molecule has 0 aliphatic heterocycles. The van der Waals surface area contributed by atoms with Gasteiger partial charge < -0.3 is 21.1 Å². The van der Waals surface area contributed by atoms with Crippen molar-refractivity contribution in [3.05, 3.63) is 65.7 Å². The van der Waals surface area contributed by atoms with Gasteiger partial charge >= 0.3 is 5.97 Å². The van der Waals surface area contributed by atoms with Gasteiger partial charge in [-0.2, -0.15) is 0 Å². The molecule has 0 radical (unpaired) electrons. The number of hydrogen-bond acceptors (Lipinski definition) is 5. The van der Waals surface area contributed by atoms with Gasteiger partial charge in [-0.25, -0.2) is 0 Å². The van der Waals surface area contributed by atoms with Crippen LogP contribution in [0.2, 0.25) is 0 Å². The SMILES string of the molecule is CCOC(=O)CC(NC(=O)C1CCCC1C(=O)Nc1ccc(C(=N)N)cc1)c1ccccc1. The average molecular weight is 451 g/mol. The van der Waals surface area contributed by atoms with Gasteiger partial charge in [0.25, 0.3) is 0 Å². The van der Waals surface area contributed by atoms with Gasteiger partial charge in [-0.15, -0.1) is 0 Å². The fourth-order valence-electron chi connectivity index (χ4n) is 4.16. The van der Waals surface area contributed by atoms with Crippen molar-refractivity contribution in [3.8, 4) is 0 Å². The highest BCUT2D eigenvalue weighted by molar-refractivity contribution is 5.98. The molecule has 33 heavy (non-hydrogen) atoms. The summed E-state index contributed by atoms with van der Waals surface area (Å²) in [7, 11) is 0. The van der Waals surface area contributed by atoms with E-state index in [0.29, 0.717) is 24.1 Å². The fraction of sp³-hybridized carbons (Fsp3) is 0.360. The maximum absolute atomic E-state index is 13.2. The van der Waals surface area contributed by atoms with Crippen molar-refractivity contribution >= 4 is 29.3 Å². The zero-order valence-corrected chi connectivity index (χ0v) is 18.7. The summed E-state index contributed by atoms with van der Waals surface area (Å²) in [4.78, 5) is 38.2. The van der Waals surface area contributed by atoms with Gasteiger partial charge in [0.1, 0.15) is 5.84 Å². The van der Waals surface area contributed by atoms with Crippen LogP contribution < -0.4 is 16.4 Å². The molecule has 3 atom stereocenters. The molecule has 5 N–H and O–H groups in total. The van der Waals surface area contributed by atoms with Crippen molar-refractivity contribution in [2.45, 2.75) is 38.6 Å². The molecule has 174 valence electrons. The molecule has 0 heterocycles. The lowest BCUT2D eigenvalue weighted by molar-refractivity contribution is -0.144. The number of esters is 1. The number of nitrogen functional groups attached to an aromatic ring is 1. The Morgan fingerprint density at radius 3 is 2.27 bits per heavy atom. The number of ether oxygens (including phenoxy) is 1. The topological polar surface area (TPSA) is 134 Å². The minimum absolute atomic E-state index is 0.0235. The molecule has 1 aliphatic carbocycles. The molecule has 1 saturated carbocycles. The third kappa shape index (κ3) is 6.41. The van der Waals surface area contributed by atoms with E-state index in [1.165, 1.54) is 0 Å². The van der Waals surface area contributed by atoms with E-state index in [-0.39, 0.29) is 36.6 Å². The largest absolute Gasteiger partial charge is 0.466 e. The number of carbonyl (C=O) groups excluding carboxylic acids is 3. The van der Waals surface area contributed by atoms with Gasteiger partial charge in [0.05, 0.1) is 19.1 Å². The first-order valence-electron chi connectivity index (χ1n) is 11.1. The Morgan fingerprint density at radius 1 is 1.03 bits per heavy atom. The molecular weight excluding hydrogens is 420 g/mol. The van der Waals surface area contributed by atoms with E-state index < -0.39 is 17.9 Å². The van der Waals surface area contributed by atoms with E-state index in [0.717, 1.165) is 12.0 Å². The van der Waals surface area contributed by atoms with Crippen LogP contribution in [-0.2, 0) is 19.1 Å². The number of amidine groups is 1. The van der Waals surface area contributed by atoms with Gasteiger partial charge in [0.15, 0.2) is 0 Å². The third-order valence-corrected chi connectivity index (χ3v) is 5.85. The first-order chi connectivity index (χ1) is 15.9. The molecule has 0 bridgehead atoms. The number of nitrogens with two attached hydrogens (primary N) is 1. The number of nitrogens with one attached hydrogen (secondary N) is 3. The minimum atomic E-state index is -0.527. The van der Waals surface area contributed by atoms with E-state index in [4.69, 9.17) is 15.9 Å². The summed E-state index contributed by atoms with van der Waals surface area (Å²) in [6.07, 6.45) is 2.01. The Bertz CT molecular complexity index is 991. The van der Waals surface area contributed by atoms with Crippen molar-refractivity contribution in [2.75, 3.05) is 11.9 Å². The Kier molecular flexibility index (Phi) is 8.18. The normalized spacial score (nSPS) is 18.2. The maximum Gasteiger partial charge on any atom is 0.308 e. The summed E-state index contributed by atoms with van der Waals surface area (Å²) in [5.74, 6) is -1.83. The van der Waals surface area contributed by atoms with Crippen molar-refractivity contribution < 1.29 is 19.1 Å². The third-order valence-electron chi connectivity index (χ3n) is 5.85. The first kappa shape index (κ1) is 24.0. The predicted octanol–water partition coefficient (Wildman–Crippen LogP) is 3.14. The quantitative estimate of drug-likeness (QED) is 0.264. The average Bonchev–Trinajstić information content (AvgIpc) is 3.30. The summed E-state index contributed by atoms with van der Waals surface area (Å²) in [5, 5.41) is 13.3. The Balaban J connectivity index is 1.68. The number of carbonyl (C=O) groups is 3. The van der Waals surface area contributed by atoms with Gasteiger partial charge in [0.2, 0.25) is 11.8 Å². The van der Waals surface area contributed by atoms with Crippen LogP contribution in [0.1, 0.15) is 49.8 Å². The predicted molar refractivity (Wildman–Crippen MR) is 125 cm³/mol. The van der Waals surface area contributed by atoms with Crippen molar-refractivity contribution in [1.29, 1.82) is 5.41 Å². The molecule has 2 aromatic rings. The van der Waals surface area contributed by atoms with E-state index in [9.17, 15) is 14.4 Å². The summed E-state index contributed by atoms with van der Waals surface area (Å²) in [6, 6.07) is 15.4. The summed E-state index contributed by atoms with van der Waals surface area (Å²) in [6.45, 7) is 2.01. The number of anilines is 1. The van der Waals surface area contributed by atoms with Gasteiger partial charge in [-0.05, 0) is 49.6 Å². The zero-order valence-electron chi connectivity index (χ0n) is 18.7. The van der Waals surface area contributed by atoms with E-state index in [2.05, 4.69) is 10.6 Å². The molecule has 3 unspecified atom stereocenters. The second kappa shape index (κ2) is 11.3. The summed E-state index contributed by atoms with van der Waals surface area (Å²) in [5.41, 5.74) is 7.43. The van der Waals surface area contributed by atoms with E-state index in [1.807, 2.05) is 30.3 Å². The fourth-order valence-corrected chi connectivity index (χ4v) is 4.16. The zero-order chi connectivity index (χ0) is 23.8. The van der Waals surface area contributed by atoms with E-state index in [1.54, 1.807) is 31.2 Å². The first-order valence-corrected chi connectivity index (χ1v) is 11.1. The molecule has 8 heteroatoms. The monoisotopic (exact) mass is 450 g/mol. The standard InChI is InChI=1S/C25H30N4O4/c1-2-33-22(30)15-21(16-7-4-3-5-8-16)29-25(32)20-10-6-9-19(20)24(31)28-18-13-11-17(12-14-18)23(26)27/h3-5,7-8,11-14,19-21H,2,6,9-10,15H2,1H3,(H3,26,27)(H,28,31)(H,29,32).